The van der Waals surface area contributed by atoms with E-state index in [4.69, 9.17) is 37.7 Å². The van der Waals surface area contributed by atoms with Crippen LogP contribution in [0.3, 0.4) is 0 Å². The van der Waals surface area contributed by atoms with E-state index in [1.807, 2.05) is 31.7 Å². The molecule has 0 radical (unpaired) electrons. The molecular formula is C33H40Cl2N6O6S. The zero-order valence-corrected chi connectivity index (χ0v) is 30.2. The number of fused-ring (bicyclic) bond motifs is 1. The van der Waals surface area contributed by atoms with Crippen LogP contribution in [0.4, 0.5) is 27.9 Å². The van der Waals surface area contributed by atoms with Gasteiger partial charge in [0.1, 0.15) is 23.6 Å². The second-order valence-corrected chi connectivity index (χ2v) is 16.3. The second-order valence-electron chi connectivity index (χ2n) is 13.6. The van der Waals surface area contributed by atoms with Crippen molar-refractivity contribution in [1.82, 2.24) is 14.9 Å². The molecular weight excluding hydrogens is 679 g/mol. The van der Waals surface area contributed by atoms with Crippen LogP contribution in [-0.2, 0) is 30.7 Å². The summed E-state index contributed by atoms with van der Waals surface area (Å²) in [7, 11) is -4.28. The molecule has 5 rings (SSSR count). The third kappa shape index (κ3) is 8.42. The van der Waals surface area contributed by atoms with Crippen molar-refractivity contribution in [1.29, 1.82) is 0 Å². The van der Waals surface area contributed by atoms with Gasteiger partial charge in [0.05, 0.1) is 10.6 Å². The van der Waals surface area contributed by atoms with Gasteiger partial charge in [0, 0.05) is 54.7 Å². The highest BCUT2D eigenvalue weighted by Crippen LogP contribution is 2.37. The molecule has 0 unspecified atom stereocenters. The molecule has 2 aromatic carbocycles. The second kappa shape index (κ2) is 13.6. The molecule has 1 fully saturated rings. The number of aromatic nitrogens is 2. The minimum absolute atomic E-state index is 0.148. The molecule has 0 saturated carbocycles. The van der Waals surface area contributed by atoms with Crippen LogP contribution >= 0.6 is 23.2 Å². The topological polar surface area (TPSA) is 125 Å². The van der Waals surface area contributed by atoms with Crippen molar-refractivity contribution in [3.8, 4) is 0 Å². The van der Waals surface area contributed by atoms with E-state index in [-0.39, 0.29) is 26.7 Å². The summed E-state index contributed by atoms with van der Waals surface area (Å²) in [5.41, 5.74) is 0.601. The smallest absolute Gasteiger partial charge is 0.410 e. The maximum Gasteiger partial charge on any atom is 0.410 e. The third-order valence-electron chi connectivity index (χ3n) is 7.49. The number of anilines is 4. The van der Waals surface area contributed by atoms with Gasteiger partial charge in [-0.1, -0.05) is 23.2 Å². The van der Waals surface area contributed by atoms with Crippen molar-refractivity contribution in [2.45, 2.75) is 64.1 Å². The molecule has 3 heterocycles. The number of esters is 1. The van der Waals surface area contributed by atoms with Crippen LogP contribution in [0, 0.1) is 0 Å². The van der Waals surface area contributed by atoms with Gasteiger partial charge in [-0.15, -0.1) is 0 Å². The number of nitrogens with zero attached hydrogens (tertiary/aromatic N) is 6. The Bertz CT molecular complexity index is 1780. The largest absolute Gasteiger partial charge is 0.459 e. The van der Waals surface area contributed by atoms with Crippen molar-refractivity contribution >= 4 is 68.4 Å². The summed E-state index contributed by atoms with van der Waals surface area (Å²) >= 11 is 12.3. The van der Waals surface area contributed by atoms with Crippen molar-refractivity contribution in [2.75, 3.05) is 53.4 Å². The Hall–Kier alpha value is -3.81. The Balaban J connectivity index is 1.38. The fourth-order valence-electron chi connectivity index (χ4n) is 5.45. The quantitative estimate of drug-likeness (QED) is 0.266. The summed E-state index contributed by atoms with van der Waals surface area (Å²) in [5, 5.41) is 0.296. The van der Waals surface area contributed by atoms with Crippen LogP contribution in [0.5, 0.6) is 0 Å². The Kier molecular flexibility index (Phi) is 10.1. The first kappa shape index (κ1) is 35.5. The van der Waals surface area contributed by atoms with Gasteiger partial charge in [0.25, 0.3) is 10.0 Å². The summed E-state index contributed by atoms with van der Waals surface area (Å²) in [4.78, 5) is 40.5. The first-order valence-corrected chi connectivity index (χ1v) is 17.8. The highest BCUT2D eigenvalue weighted by Gasteiger charge is 2.32. The van der Waals surface area contributed by atoms with Crippen molar-refractivity contribution in [2.24, 2.45) is 0 Å². The maximum atomic E-state index is 14.0. The molecule has 0 atom stereocenters. The van der Waals surface area contributed by atoms with Crippen LogP contribution in [0.1, 0.15) is 47.1 Å². The van der Waals surface area contributed by atoms with E-state index in [9.17, 15) is 18.0 Å². The molecule has 0 bridgehead atoms. The Morgan fingerprint density at radius 2 is 1.52 bits per heavy atom. The Labute approximate surface area is 291 Å². The Morgan fingerprint density at radius 1 is 0.875 bits per heavy atom. The first-order valence-electron chi connectivity index (χ1n) is 15.6. The van der Waals surface area contributed by atoms with E-state index >= 15 is 0 Å². The average molecular weight is 720 g/mol. The van der Waals surface area contributed by atoms with E-state index in [1.54, 1.807) is 50.1 Å². The van der Waals surface area contributed by atoms with E-state index in [0.29, 0.717) is 45.1 Å². The van der Waals surface area contributed by atoms with Crippen LogP contribution in [0.25, 0.3) is 0 Å². The minimum atomic E-state index is -4.28. The van der Waals surface area contributed by atoms with Gasteiger partial charge in [-0.25, -0.2) is 18.2 Å². The molecule has 2 aliphatic rings. The number of benzene rings is 2. The van der Waals surface area contributed by atoms with E-state index < -0.39 is 33.7 Å². The lowest BCUT2D eigenvalue weighted by atomic mass is 10.1. The predicted octanol–water partition coefficient (Wildman–Crippen LogP) is 6.07. The van der Waals surface area contributed by atoms with Crippen molar-refractivity contribution in [3.05, 3.63) is 64.3 Å². The number of hydrogen-bond donors (Lipinski definition) is 0. The number of rotatable bonds is 7. The monoisotopic (exact) mass is 718 g/mol. The van der Waals surface area contributed by atoms with Gasteiger partial charge in [0.15, 0.2) is 0 Å². The van der Waals surface area contributed by atoms with Gasteiger partial charge >= 0.3 is 12.1 Å². The number of ether oxygens (including phenoxy) is 2. The summed E-state index contributed by atoms with van der Waals surface area (Å²) in [6.07, 6.45) is 1.97. The van der Waals surface area contributed by atoms with Crippen LogP contribution in [0.15, 0.2) is 53.6 Å². The molecule has 12 nitrogen and oxygen atoms in total. The van der Waals surface area contributed by atoms with E-state index in [0.717, 1.165) is 21.4 Å². The van der Waals surface area contributed by atoms with Gasteiger partial charge in [-0.2, -0.15) is 4.98 Å². The van der Waals surface area contributed by atoms with Gasteiger partial charge < -0.3 is 24.2 Å². The summed E-state index contributed by atoms with van der Waals surface area (Å²) < 4.78 is 39.9. The van der Waals surface area contributed by atoms with Crippen molar-refractivity contribution in [3.63, 3.8) is 0 Å². The number of halogens is 2. The Morgan fingerprint density at radius 3 is 2.15 bits per heavy atom. The zero-order chi connectivity index (χ0) is 35.0. The van der Waals surface area contributed by atoms with E-state index in [1.165, 1.54) is 18.2 Å². The normalized spacial score (nSPS) is 15.3. The van der Waals surface area contributed by atoms with Gasteiger partial charge in [-0.3, -0.25) is 9.10 Å². The average Bonchev–Trinajstić information content (AvgIpc) is 3.41. The lowest BCUT2D eigenvalue weighted by molar-refractivity contribution is -0.152. The number of carbonyl (C=O) groups is 2. The SMILES string of the molecule is CC(C)(C)OC(=O)CN(c1ccc2c(c1)CCN2c1nccc(N2CCN(C(=O)OC(C)(C)C)CC2)n1)S(=O)(=O)c1cc(Cl)cc(Cl)c1. The molecule has 1 saturated heterocycles. The standard InChI is InChI=1S/C33H40Cl2N6O6S/c1-32(2,3)46-29(42)21-41(48(44,45)26-19-23(34)18-24(35)20-26)25-7-8-27-22(17-25)10-12-40(27)30-36-11-9-28(37-30)38-13-15-39(16-14-38)31(43)47-33(4,5)6/h7-9,11,17-20H,10,12-16,21H2,1-6H3. The van der Waals surface area contributed by atoms with Crippen LogP contribution in [0.2, 0.25) is 10.0 Å². The van der Waals surface area contributed by atoms with Crippen molar-refractivity contribution < 1.29 is 27.5 Å². The number of carbonyl (C=O) groups excluding carboxylic acids is 2. The highest BCUT2D eigenvalue weighted by atomic mass is 35.5. The molecule has 258 valence electrons. The summed E-state index contributed by atoms with van der Waals surface area (Å²) in [6.45, 7) is 12.9. The highest BCUT2D eigenvalue weighted by molar-refractivity contribution is 7.92. The molecule has 2 aliphatic heterocycles. The lowest BCUT2D eigenvalue weighted by Gasteiger charge is -2.36. The zero-order valence-electron chi connectivity index (χ0n) is 27.9. The summed E-state index contributed by atoms with van der Waals surface area (Å²) in [6, 6.07) is 11.1. The number of sulfonamides is 1. The summed E-state index contributed by atoms with van der Waals surface area (Å²) in [5.74, 6) is 0.530. The van der Waals surface area contributed by atoms with Gasteiger partial charge in [-0.05, 0) is 96.0 Å². The number of amides is 1. The van der Waals surface area contributed by atoms with E-state index in [2.05, 4.69) is 9.88 Å². The fraction of sp³-hybridized carbons (Fsp3) is 0.455. The molecule has 48 heavy (non-hydrogen) atoms. The lowest BCUT2D eigenvalue weighted by Crippen LogP contribution is -2.50. The third-order valence-corrected chi connectivity index (χ3v) is 9.68. The van der Waals surface area contributed by atoms with Gasteiger partial charge in [0.2, 0.25) is 5.95 Å². The molecule has 15 heteroatoms. The van der Waals surface area contributed by atoms with Crippen LogP contribution in [-0.4, -0.2) is 85.8 Å². The molecule has 1 amide bonds. The number of hydrogen-bond acceptors (Lipinski definition) is 10. The molecule has 0 aliphatic carbocycles. The van der Waals surface area contributed by atoms with Crippen LogP contribution < -0.4 is 14.1 Å². The predicted molar refractivity (Wildman–Crippen MR) is 186 cm³/mol. The minimum Gasteiger partial charge on any atom is -0.459 e. The fourth-order valence-corrected chi connectivity index (χ4v) is 7.58. The molecule has 3 aromatic rings. The molecule has 0 N–H and O–H groups in total. The first-order chi connectivity index (χ1) is 22.4. The molecule has 0 spiro atoms. The number of piperazine rings is 1. The molecule has 1 aromatic heterocycles. The maximum absolute atomic E-state index is 14.0.